The molecule has 3 amide bonds. The molecule has 0 aliphatic carbocycles. The van der Waals surface area contributed by atoms with Crippen molar-refractivity contribution < 1.29 is 14.4 Å². The minimum atomic E-state index is -0.263. The lowest BCUT2D eigenvalue weighted by molar-refractivity contribution is -0.121. The van der Waals surface area contributed by atoms with Crippen LogP contribution in [0.1, 0.15) is 46.4 Å². The number of hydrogen-bond acceptors (Lipinski definition) is 4. The Morgan fingerprint density at radius 1 is 1.22 bits per heavy atom. The molecule has 2 N–H and O–H groups in total. The number of rotatable bonds is 6. The summed E-state index contributed by atoms with van der Waals surface area (Å²) in [5.74, 6) is -0.558. The van der Waals surface area contributed by atoms with E-state index in [9.17, 15) is 14.4 Å². The normalized spacial score (nSPS) is 20.0. The molecular formula is C17H21N3O3. The van der Waals surface area contributed by atoms with Crippen LogP contribution in [0, 0.1) is 0 Å². The lowest BCUT2D eigenvalue weighted by Crippen LogP contribution is -2.37. The zero-order chi connectivity index (χ0) is 16.2. The smallest absolute Gasteiger partial charge is 0.261 e. The summed E-state index contributed by atoms with van der Waals surface area (Å²) in [7, 11) is 0. The van der Waals surface area contributed by atoms with E-state index in [0.717, 1.165) is 19.4 Å². The highest BCUT2D eigenvalue weighted by molar-refractivity contribution is 6.21. The van der Waals surface area contributed by atoms with Gasteiger partial charge in [-0.15, -0.1) is 0 Å². The van der Waals surface area contributed by atoms with Gasteiger partial charge in [0.2, 0.25) is 5.91 Å². The van der Waals surface area contributed by atoms with Crippen molar-refractivity contribution in [3.8, 4) is 0 Å². The minimum Gasteiger partial charge on any atom is -0.355 e. The second-order valence-corrected chi connectivity index (χ2v) is 6.01. The van der Waals surface area contributed by atoms with Crippen LogP contribution in [-0.4, -0.2) is 48.3 Å². The van der Waals surface area contributed by atoms with Gasteiger partial charge in [0.1, 0.15) is 0 Å². The zero-order valence-electron chi connectivity index (χ0n) is 13.0. The van der Waals surface area contributed by atoms with Crippen molar-refractivity contribution in [1.82, 2.24) is 15.5 Å². The van der Waals surface area contributed by atoms with E-state index in [1.165, 1.54) is 4.90 Å². The van der Waals surface area contributed by atoms with Crippen molar-refractivity contribution in [3.05, 3.63) is 35.4 Å². The number of carbonyl (C=O) groups excluding carboxylic acids is 3. The third-order valence-electron chi connectivity index (χ3n) is 4.37. The first-order chi connectivity index (χ1) is 11.2. The Labute approximate surface area is 135 Å². The summed E-state index contributed by atoms with van der Waals surface area (Å²) < 4.78 is 0. The molecule has 1 fully saturated rings. The van der Waals surface area contributed by atoms with Crippen molar-refractivity contribution in [1.29, 1.82) is 0 Å². The van der Waals surface area contributed by atoms with Gasteiger partial charge in [-0.1, -0.05) is 12.1 Å². The van der Waals surface area contributed by atoms with Crippen molar-refractivity contribution in [2.75, 3.05) is 19.6 Å². The molecular weight excluding hydrogens is 294 g/mol. The maximum Gasteiger partial charge on any atom is 0.261 e. The molecule has 1 unspecified atom stereocenters. The molecule has 3 rings (SSSR count). The van der Waals surface area contributed by atoms with Crippen molar-refractivity contribution in [3.63, 3.8) is 0 Å². The lowest BCUT2D eigenvalue weighted by atomic mass is 10.1. The Balaban J connectivity index is 1.43. The van der Waals surface area contributed by atoms with E-state index in [-0.39, 0.29) is 24.3 Å². The molecule has 0 saturated carbocycles. The molecule has 122 valence electrons. The maximum atomic E-state index is 12.2. The SMILES string of the molecule is O=C(CCCN1C(=O)c2ccccc2C1=O)NCC1CCCN1. The Hall–Kier alpha value is -2.21. The van der Waals surface area contributed by atoms with Gasteiger partial charge in [0.25, 0.3) is 11.8 Å². The number of nitrogens with zero attached hydrogens (tertiary/aromatic N) is 1. The Bertz CT molecular complexity index is 588. The van der Waals surface area contributed by atoms with E-state index in [1.807, 2.05) is 0 Å². The standard InChI is InChI=1S/C17H21N3O3/c21-15(19-11-12-5-3-9-18-12)8-4-10-20-16(22)13-6-1-2-7-14(13)17(20)23/h1-2,6-7,12,18H,3-5,8-11H2,(H,19,21). The quantitative estimate of drug-likeness (QED) is 0.766. The summed E-state index contributed by atoms with van der Waals surface area (Å²) in [6.45, 7) is 1.94. The number of hydrogen-bond donors (Lipinski definition) is 2. The molecule has 0 aromatic heterocycles. The summed E-state index contributed by atoms with van der Waals surface area (Å²) in [5, 5.41) is 6.22. The van der Waals surface area contributed by atoms with Crippen molar-refractivity contribution >= 4 is 17.7 Å². The highest BCUT2D eigenvalue weighted by atomic mass is 16.2. The van der Waals surface area contributed by atoms with E-state index < -0.39 is 0 Å². The Morgan fingerprint density at radius 3 is 2.52 bits per heavy atom. The van der Waals surface area contributed by atoms with Gasteiger partial charge in [-0.25, -0.2) is 0 Å². The third kappa shape index (κ3) is 3.42. The number of amides is 3. The van der Waals surface area contributed by atoms with Gasteiger partial charge >= 0.3 is 0 Å². The van der Waals surface area contributed by atoms with Crippen LogP contribution in [0.3, 0.4) is 0 Å². The van der Waals surface area contributed by atoms with Crippen LogP contribution in [0.25, 0.3) is 0 Å². The van der Waals surface area contributed by atoms with Crippen LogP contribution in [0.15, 0.2) is 24.3 Å². The molecule has 1 saturated heterocycles. The second-order valence-electron chi connectivity index (χ2n) is 6.01. The number of imide groups is 1. The van der Waals surface area contributed by atoms with E-state index in [1.54, 1.807) is 24.3 Å². The monoisotopic (exact) mass is 315 g/mol. The largest absolute Gasteiger partial charge is 0.355 e. The first-order valence-electron chi connectivity index (χ1n) is 8.12. The van der Waals surface area contributed by atoms with Gasteiger partial charge < -0.3 is 10.6 Å². The van der Waals surface area contributed by atoms with Crippen LogP contribution in [0.5, 0.6) is 0 Å². The number of benzene rings is 1. The molecule has 2 heterocycles. The molecule has 2 aliphatic heterocycles. The van der Waals surface area contributed by atoms with E-state index in [2.05, 4.69) is 10.6 Å². The van der Waals surface area contributed by atoms with Crippen molar-refractivity contribution in [2.45, 2.75) is 31.7 Å². The summed E-state index contributed by atoms with van der Waals surface area (Å²) >= 11 is 0. The molecule has 6 nitrogen and oxygen atoms in total. The molecule has 0 radical (unpaired) electrons. The highest BCUT2D eigenvalue weighted by Crippen LogP contribution is 2.22. The fourth-order valence-electron chi connectivity index (χ4n) is 3.10. The summed E-state index contributed by atoms with van der Waals surface area (Å²) in [6.07, 6.45) is 3.05. The average Bonchev–Trinajstić information content (AvgIpc) is 3.16. The second kappa shape index (κ2) is 6.91. The first kappa shape index (κ1) is 15.7. The van der Waals surface area contributed by atoms with E-state index in [4.69, 9.17) is 0 Å². The van der Waals surface area contributed by atoms with Crippen LogP contribution in [-0.2, 0) is 4.79 Å². The zero-order valence-corrected chi connectivity index (χ0v) is 13.0. The molecule has 0 spiro atoms. The van der Waals surface area contributed by atoms with Crippen LogP contribution in [0.4, 0.5) is 0 Å². The molecule has 0 bridgehead atoms. The predicted octanol–water partition coefficient (Wildman–Crippen LogP) is 0.931. The number of nitrogens with one attached hydrogen (secondary N) is 2. The topological polar surface area (TPSA) is 78.5 Å². The maximum absolute atomic E-state index is 12.2. The molecule has 1 atom stereocenters. The predicted molar refractivity (Wildman–Crippen MR) is 85.1 cm³/mol. The summed E-state index contributed by atoms with van der Waals surface area (Å²) in [4.78, 5) is 37.4. The average molecular weight is 315 g/mol. The molecule has 2 aliphatic rings. The summed E-state index contributed by atoms with van der Waals surface area (Å²) in [6, 6.07) is 7.19. The van der Waals surface area contributed by atoms with Gasteiger partial charge in [-0.3, -0.25) is 19.3 Å². The Kier molecular flexibility index (Phi) is 4.71. The van der Waals surface area contributed by atoms with Crippen LogP contribution < -0.4 is 10.6 Å². The van der Waals surface area contributed by atoms with E-state index in [0.29, 0.717) is 36.6 Å². The van der Waals surface area contributed by atoms with Gasteiger partial charge in [-0.05, 0) is 37.9 Å². The lowest BCUT2D eigenvalue weighted by Gasteiger charge is -2.14. The fourth-order valence-corrected chi connectivity index (χ4v) is 3.10. The van der Waals surface area contributed by atoms with Gasteiger partial charge in [-0.2, -0.15) is 0 Å². The third-order valence-corrected chi connectivity index (χ3v) is 4.37. The molecule has 1 aromatic rings. The molecule has 6 heteroatoms. The number of fused-ring (bicyclic) bond motifs is 1. The Morgan fingerprint density at radius 2 is 1.91 bits per heavy atom. The first-order valence-corrected chi connectivity index (χ1v) is 8.12. The van der Waals surface area contributed by atoms with Crippen LogP contribution in [0.2, 0.25) is 0 Å². The van der Waals surface area contributed by atoms with Gasteiger partial charge in [0, 0.05) is 25.6 Å². The molecule has 1 aromatic carbocycles. The summed E-state index contributed by atoms with van der Waals surface area (Å²) in [5.41, 5.74) is 0.906. The fraction of sp³-hybridized carbons (Fsp3) is 0.471. The number of carbonyl (C=O) groups is 3. The van der Waals surface area contributed by atoms with E-state index >= 15 is 0 Å². The van der Waals surface area contributed by atoms with Gasteiger partial charge in [0.05, 0.1) is 11.1 Å². The van der Waals surface area contributed by atoms with Gasteiger partial charge in [0.15, 0.2) is 0 Å². The minimum absolute atomic E-state index is 0.0321. The highest BCUT2D eigenvalue weighted by Gasteiger charge is 2.34. The van der Waals surface area contributed by atoms with Crippen molar-refractivity contribution in [2.24, 2.45) is 0 Å². The molecule has 23 heavy (non-hydrogen) atoms. The van der Waals surface area contributed by atoms with Crippen LogP contribution >= 0.6 is 0 Å².